The molecule has 0 bridgehead atoms. The summed E-state index contributed by atoms with van der Waals surface area (Å²) in [5, 5.41) is 7.49. The molecule has 166 valence electrons. The number of guanidine groups is 1. The summed E-state index contributed by atoms with van der Waals surface area (Å²) in [5.74, 6) is 1.59. The number of anilines is 1. The topological polar surface area (TPSA) is 48.9 Å². The first-order valence-corrected chi connectivity index (χ1v) is 11.7. The first kappa shape index (κ1) is 22.2. The second kappa shape index (κ2) is 9.23. The van der Waals surface area contributed by atoms with Crippen LogP contribution in [0.25, 0.3) is 0 Å². The van der Waals surface area contributed by atoms with E-state index in [4.69, 9.17) is 4.74 Å². The Morgan fingerprint density at radius 3 is 2.70 bits per heavy atom. The van der Waals surface area contributed by atoms with Crippen molar-refractivity contribution in [3.8, 4) is 0 Å². The molecule has 2 saturated heterocycles. The summed E-state index contributed by atoms with van der Waals surface area (Å²) in [4.78, 5) is 7.09. The van der Waals surface area contributed by atoms with E-state index < -0.39 is 0 Å². The van der Waals surface area contributed by atoms with Crippen molar-refractivity contribution >= 4 is 35.6 Å². The van der Waals surface area contributed by atoms with Crippen LogP contribution in [-0.4, -0.2) is 44.8 Å². The van der Waals surface area contributed by atoms with E-state index in [-0.39, 0.29) is 30.0 Å². The summed E-state index contributed by atoms with van der Waals surface area (Å²) in [6, 6.07) is 9.74. The zero-order valence-electron chi connectivity index (χ0n) is 18.4. The number of benzene rings is 1. The fourth-order valence-corrected chi connectivity index (χ4v) is 6.48. The van der Waals surface area contributed by atoms with Crippen LogP contribution >= 0.6 is 24.0 Å². The largest absolute Gasteiger partial charge is 0.377 e. The molecule has 4 aliphatic rings. The number of aliphatic imine (C=N–C) groups is 1. The predicted octanol–water partition coefficient (Wildman–Crippen LogP) is 4.48. The molecule has 0 aromatic heterocycles. The lowest BCUT2D eigenvalue weighted by atomic mass is 9.54. The first-order valence-electron chi connectivity index (χ1n) is 11.7. The smallest absolute Gasteiger partial charge is 0.191 e. The molecule has 6 heteroatoms. The Hall–Kier alpha value is -1.02. The van der Waals surface area contributed by atoms with Crippen molar-refractivity contribution in [3.63, 3.8) is 0 Å². The number of ether oxygens (including phenoxy) is 1. The number of hydrogen-bond donors (Lipinski definition) is 2. The van der Waals surface area contributed by atoms with Gasteiger partial charge in [-0.3, -0.25) is 4.99 Å². The SMILES string of the molecule is CN=C(NC(C)c1cccc(N2CCCC2)c1)NC1C2CCOC2C12CCCC2.I. The third kappa shape index (κ3) is 3.83. The molecular formula is C24H37IN4O. The highest BCUT2D eigenvalue weighted by Crippen LogP contribution is 2.60. The summed E-state index contributed by atoms with van der Waals surface area (Å²) >= 11 is 0. The number of halogens is 1. The zero-order chi connectivity index (χ0) is 19.8. The minimum Gasteiger partial charge on any atom is -0.377 e. The highest BCUT2D eigenvalue weighted by molar-refractivity contribution is 14.0. The number of rotatable bonds is 4. The van der Waals surface area contributed by atoms with Gasteiger partial charge in [-0.2, -0.15) is 0 Å². The third-order valence-electron chi connectivity index (χ3n) is 8.00. The van der Waals surface area contributed by atoms with Gasteiger partial charge >= 0.3 is 0 Å². The van der Waals surface area contributed by atoms with E-state index in [9.17, 15) is 0 Å². The minimum absolute atomic E-state index is 0. The Labute approximate surface area is 198 Å². The number of nitrogens with one attached hydrogen (secondary N) is 2. The predicted molar refractivity (Wildman–Crippen MR) is 134 cm³/mol. The summed E-state index contributed by atoms with van der Waals surface area (Å²) in [6.07, 6.45) is 9.58. The molecule has 1 aromatic rings. The molecular weight excluding hydrogens is 487 g/mol. The lowest BCUT2D eigenvalue weighted by molar-refractivity contribution is -0.125. The van der Waals surface area contributed by atoms with E-state index in [1.54, 1.807) is 0 Å². The monoisotopic (exact) mass is 524 g/mol. The van der Waals surface area contributed by atoms with Gasteiger partial charge in [-0.25, -0.2) is 0 Å². The van der Waals surface area contributed by atoms with E-state index in [0.717, 1.165) is 12.6 Å². The van der Waals surface area contributed by atoms with Gasteiger partial charge in [0.05, 0.1) is 12.1 Å². The number of hydrogen-bond acceptors (Lipinski definition) is 3. The second-order valence-corrected chi connectivity index (χ2v) is 9.53. The lowest BCUT2D eigenvalue weighted by Crippen LogP contribution is -2.69. The van der Waals surface area contributed by atoms with Gasteiger partial charge in [-0.15, -0.1) is 24.0 Å². The summed E-state index contributed by atoms with van der Waals surface area (Å²) in [7, 11) is 1.89. The molecule has 1 aromatic carbocycles. The number of fused-ring (bicyclic) bond motifs is 2. The van der Waals surface area contributed by atoms with Gasteiger partial charge in [0.25, 0.3) is 0 Å². The van der Waals surface area contributed by atoms with Crippen molar-refractivity contribution in [2.45, 2.75) is 70.1 Å². The first-order chi connectivity index (χ1) is 14.2. The molecule has 30 heavy (non-hydrogen) atoms. The molecule has 0 amide bonds. The molecule has 2 aliphatic carbocycles. The van der Waals surface area contributed by atoms with Gasteiger partial charge in [0, 0.05) is 49.8 Å². The van der Waals surface area contributed by atoms with E-state index in [1.165, 1.54) is 69.3 Å². The molecule has 4 unspecified atom stereocenters. The van der Waals surface area contributed by atoms with Crippen molar-refractivity contribution < 1.29 is 4.74 Å². The fraction of sp³-hybridized carbons (Fsp3) is 0.708. The van der Waals surface area contributed by atoms with E-state index in [1.807, 2.05) is 7.05 Å². The van der Waals surface area contributed by atoms with Crippen molar-refractivity contribution in [2.75, 3.05) is 31.6 Å². The summed E-state index contributed by atoms with van der Waals surface area (Å²) < 4.78 is 6.14. The van der Waals surface area contributed by atoms with Crippen molar-refractivity contribution in [1.29, 1.82) is 0 Å². The second-order valence-electron chi connectivity index (χ2n) is 9.53. The Morgan fingerprint density at radius 2 is 1.97 bits per heavy atom. The van der Waals surface area contributed by atoms with Gasteiger partial charge in [0.15, 0.2) is 5.96 Å². The Kier molecular flexibility index (Phi) is 6.82. The molecule has 2 aliphatic heterocycles. The Morgan fingerprint density at radius 1 is 1.20 bits per heavy atom. The van der Waals surface area contributed by atoms with Crippen LogP contribution in [0.5, 0.6) is 0 Å². The molecule has 4 atom stereocenters. The minimum atomic E-state index is 0. The summed E-state index contributed by atoms with van der Waals surface area (Å²) in [6.45, 7) is 5.54. The maximum atomic E-state index is 6.14. The third-order valence-corrected chi connectivity index (χ3v) is 8.00. The van der Waals surface area contributed by atoms with Gasteiger partial charge in [-0.05, 0) is 56.7 Å². The van der Waals surface area contributed by atoms with Crippen LogP contribution in [0.1, 0.15) is 63.5 Å². The zero-order valence-corrected chi connectivity index (χ0v) is 20.7. The molecule has 5 nitrogen and oxygen atoms in total. The normalized spacial score (nSPS) is 30.5. The van der Waals surface area contributed by atoms with Crippen molar-refractivity contribution in [3.05, 3.63) is 29.8 Å². The highest BCUT2D eigenvalue weighted by atomic mass is 127. The van der Waals surface area contributed by atoms with Crippen LogP contribution in [0.4, 0.5) is 5.69 Å². The molecule has 1 spiro atoms. The van der Waals surface area contributed by atoms with Crippen LogP contribution in [0.3, 0.4) is 0 Å². The standard InChI is InChI=1S/C24H36N4O.HI/c1-17(18-8-7-9-19(16-18)28-13-5-6-14-28)26-23(25-2)27-21-20-10-15-29-22(20)24(21)11-3-4-12-24;/h7-9,16-17,20-22H,3-6,10-15H2,1-2H3,(H2,25,26,27);1H. The van der Waals surface area contributed by atoms with Crippen molar-refractivity contribution in [1.82, 2.24) is 10.6 Å². The van der Waals surface area contributed by atoms with E-state index in [2.05, 4.69) is 51.7 Å². The van der Waals surface area contributed by atoms with Gasteiger partial charge in [-0.1, -0.05) is 25.0 Å². The van der Waals surface area contributed by atoms with Gasteiger partial charge in [0.2, 0.25) is 0 Å². The Bertz CT molecular complexity index is 757. The Balaban J connectivity index is 0.00000218. The molecule has 0 radical (unpaired) electrons. The molecule has 5 rings (SSSR count). The fourth-order valence-electron chi connectivity index (χ4n) is 6.48. The van der Waals surface area contributed by atoms with Crippen LogP contribution in [-0.2, 0) is 4.74 Å². The quantitative estimate of drug-likeness (QED) is 0.347. The molecule has 2 heterocycles. The number of nitrogens with zero attached hydrogens (tertiary/aromatic N) is 2. The van der Waals surface area contributed by atoms with Gasteiger partial charge < -0.3 is 20.3 Å². The van der Waals surface area contributed by atoms with Crippen LogP contribution in [0.15, 0.2) is 29.3 Å². The van der Waals surface area contributed by atoms with Crippen molar-refractivity contribution in [2.24, 2.45) is 16.3 Å². The van der Waals surface area contributed by atoms with Crippen LogP contribution < -0.4 is 15.5 Å². The average Bonchev–Trinajstić information content (AvgIpc) is 3.51. The average molecular weight is 524 g/mol. The molecule has 2 N–H and O–H groups in total. The van der Waals surface area contributed by atoms with Crippen LogP contribution in [0.2, 0.25) is 0 Å². The highest BCUT2D eigenvalue weighted by Gasteiger charge is 2.65. The van der Waals surface area contributed by atoms with Crippen LogP contribution in [0, 0.1) is 11.3 Å². The van der Waals surface area contributed by atoms with Gasteiger partial charge in [0.1, 0.15) is 0 Å². The van der Waals surface area contributed by atoms with E-state index in [0.29, 0.717) is 23.5 Å². The maximum absolute atomic E-state index is 6.14. The lowest BCUT2D eigenvalue weighted by Gasteiger charge is -2.57. The summed E-state index contributed by atoms with van der Waals surface area (Å²) in [5.41, 5.74) is 3.02. The molecule has 2 saturated carbocycles. The molecule has 4 fully saturated rings. The maximum Gasteiger partial charge on any atom is 0.191 e. The van der Waals surface area contributed by atoms with E-state index >= 15 is 0 Å².